The van der Waals surface area contributed by atoms with Gasteiger partial charge in [-0.1, -0.05) is 40.2 Å². The zero-order valence-electron chi connectivity index (χ0n) is 14.7. The van der Waals surface area contributed by atoms with Crippen molar-refractivity contribution in [1.29, 1.82) is 0 Å². The number of fused-ring (bicyclic) bond motifs is 1. The highest BCUT2D eigenvalue weighted by atomic mass is 79.9. The van der Waals surface area contributed by atoms with Crippen molar-refractivity contribution in [2.45, 2.75) is 31.2 Å². The maximum Gasteiger partial charge on any atom is 0.261 e. The largest absolute Gasteiger partial charge is 0.347 e. The average molecular weight is 427 g/mol. The fraction of sp³-hybridized carbons (Fsp3) is 0.286. The number of amides is 3. The summed E-state index contributed by atoms with van der Waals surface area (Å²) < 4.78 is 1.01. The normalized spacial score (nSPS) is 17.0. The summed E-state index contributed by atoms with van der Waals surface area (Å²) in [5.74, 6) is -0.596. The highest BCUT2D eigenvalue weighted by molar-refractivity contribution is 9.10. The van der Waals surface area contributed by atoms with E-state index in [1.165, 1.54) is 4.90 Å². The molecule has 1 saturated carbocycles. The zero-order chi connectivity index (χ0) is 19.0. The van der Waals surface area contributed by atoms with Crippen molar-refractivity contribution in [2.75, 3.05) is 6.54 Å². The lowest BCUT2D eigenvalue weighted by Gasteiger charge is -2.19. The first-order valence-corrected chi connectivity index (χ1v) is 9.82. The molecule has 2 aromatic rings. The molecule has 1 heterocycles. The molecule has 1 aliphatic heterocycles. The number of hydrogen-bond acceptors (Lipinski definition) is 3. The van der Waals surface area contributed by atoms with Crippen LogP contribution in [0.25, 0.3) is 0 Å². The van der Waals surface area contributed by atoms with Gasteiger partial charge in [0.2, 0.25) is 5.91 Å². The monoisotopic (exact) mass is 426 g/mol. The van der Waals surface area contributed by atoms with Gasteiger partial charge in [-0.3, -0.25) is 19.3 Å². The van der Waals surface area contributed by atoms with Gasteiger partial charge in [0.25, 0.3) is 11.8 Å². The van der Waals surface area contributed by atoms with Gasteiger partial charge in [-0.2, -0.15) is 0 Å². The minimum Gasteiger partial charge on any atom is -0.347 e. The Hall–Kier alpha value is -2.47. The van der Waals surface area contributed by atoms with Crippen molar-refractivity contribution in [3.8, 4) is 0 Å². The van der Waals surface area contributed by atoms with E-state index in [0.717, 1.165) is 22.9 Å². The highest BCUT2D eigenvalue weighted by Gasteiger charge is 2.45. The first kappa shape index (κ1) is 17.9. The summed E-state index contributed by atoms with van der Waals surface area (Å²) in [5.41, 5.74) is 1.74. The molecular formula is C21H19BrN2O3. The number of carbonyl (C=O) groups excluding carboxylic acids is 3. The van der Waals surface area contributed by atoms with Gasteiger partial charge in [0.15, 0.2) is 0 Å². The van der Waals surface area contributed by atoms with E-state index < -0.39 is 0 Å². The van der Waals surface area contributed by atoms with Gasteiger partial charge in [0, 0.05) is 17.4 Å². The number of benzene rings is 2. The van der Waals surface area contributed by atoms with Crippen LogP contribution in [0.3, 0.4) is 0 Å². The summed E-state index contributed by atoms with van der Waals surface area (Å²) in [6.07, 6.45) is 2.59. The Kier molecular flexibility index (Phi) is 4.60. The van der Waals surface area contributed by atoms with Gasteiger partial charge in [-0.05, 0) is 49.1 Å². The summed E-state index contributed by atoms with van der Waals surface area (Å²) in [6.45, 7) is 0.255. The van der Waals surface area contributed by atoms with Crippen LogP contribution in [0.15, 0.2) is 53.0 Å². The number of hydrogen-bond donors (Lipinski definition) is 1. The fourth-order valence-corrected chi connectivity index (χ4v) is 3.81. The second-order valence-corrected chi connectivity index (χ2v) is 7.96. The second kappa shape index (κ2) is 6.93. The molecule has 27 heavy (non-hydrogen) atoms. The smallest absolute Gasteiger partial charge is 0.261 e. The van der Waals surface area contributed by atoms with Crippen molar-refractivity contribution in [3.63, 3.8) is 0 Å². The van der Waals surface area contributed by atoms with Crippen LogP contribution in [-0.4, -0.2) is 29.2 Å². The Morgan fingerprint density at radius 1 is 1.00 bits per heavy atom. The van der Waals surface area contributed by atoms with Crippen LogP contribution in [0.4, 0.5) is 0 Å². The Morgan fingerprint density at radius 2 is 1.59 bits per heavy atom. The summed E-state index contributed by atoms with van der Waals surface area (Å²) in [6, 6.07) is 14.8. The minimum atomic E-state index is -0.274. The van der Waals surface area contributed by atoms with Crippen molar-refractivity contribution in [3.05, 3.63) is 69.7 Å². The van der Waals surface area contributed by atoms with Gasteiger partial charge in [-0.15, -0.1) is 0 Å². The van der Waals surface area contributed by atoms with Crippen molar-refractivity contribution in [1.82, 2.24) is 10.2 Å². The molecule has 3 amide bonds. The van der Waals surface area contributed by atoms with Crippen LogP contribution in [-0.2, 0) is 10.3 Å². The van der Waals surface area contributed by atoms with Crippen molar-refractivity contribution < 1.29 is 14.4 Å². The van der Waals surface area contributed by atoms with Gasteiger partial charge < -0.3 is 5.32 Å². The number of rotatable bonds is 6. The van der Waals surface area contributed by atoms with Crippen molar-refractivity contribution in [2.24, 2.45) is 0 Å². The van der Waals surface area contributed by atoms with E-state index in [4.69, 9.17) is 0 Å². The topological polar surface area (TPSA) is 66.5 Å². The Bertz CT molecular complexity index is 884. The van der Waals surface area contributed by atoms with E-state index in [-0.39, 0.29) is 36.2 Å². The number of halogens is 1. The summed E-state index contributed by atoms with van der Waals surface area (Å²) >= 11 is 3.42. The van der Waals surface area contributed by atoms with Crippen LogP contribution in [0, 0.1) is 0 Å². The molecule has 6 heteroatoms. The fourth-order valence-electron chi connectivity index (χ4n) is 3.55. The molecule has 4 rings (SSSR count). The predicted octanol–water partition coefficient (Wildman–Crippen LogP) is 3.63. The third kappa shape index (κ3) is 3.41. The van der Waals surface area contributed by atoms with Gasteiger partial charge in [0.1, 0.15) is 0 Å². The summed E-state index contributed by atoms with van der Waals surface area (Å²) in [4.78, 5) is 38.3. The number of nitrogens with one attached hydrogen (secondary N) is 1. The van der Waals surface area contributed by atoms with Crippen molar-refractivity contribution >= 4 is 33.7 Å². The highest BCUT2D eigenvalue weighted by Crippen LogP contribution is 2.45. The summed E-state index contributed by atoms with van der Waals surface area (Å²) in [7, 11) is 0. The molecule has 0 spiro atoms. The lowest BCUT2D eigenvalue weighted by molar-refractivity contribution is -0.122. The first-order chi connectivity index (χ1) is 13.0. The molecule has 0 saturated heterocycles. The minimum absolute atomic E-state index is 0.0490. The Morgan fingerprint density at radius 3 is 2.15 bits per heavy atom. The molecule has 138 valence electrons. The van der Waals surface area contributed by atoms with E-state index in [1.54, 1.807) is 24.3 Å². The maximum atomic E-state index is 12.4. The van der Waals surface area contributed by atoms with Gasteiger partial charge in [-0.25, -0.2) is 0 Å². The standard InChI is InChI=1S/C21H19BrN2O3/c22-15-9-7-14(8-10-15)21(11-12-21)23-18(25)6-3-13-24-19(26)16-4-1-2-5-17(16)20(24)27/h1-2,4-5,7-10H,3,6,11-13H2,(H,23,25). The number of imide groups is 1. The Labute approximate surface area is 165 Å². The third-order valence-corrected chi connectivity index (χ3v) is 5.72. The number of nitrogens with zero attached hydrogens (tertiary/aromatic N) is 1. The van der Waals surface area contributed by atoms with Crippen LogP contribution >= 0.6 is 15.9 Å². The molecule has 1 fully saturated rings. The zero-order valence-corrected chi connectivity index (χ0v) is 16.3. The quantitative estimate of drug-likeness (QED) is 0.717. The van der Waals surface area contributed by atoms with E-state index in [9.17, 15) is 14.4 Å². The molecule has 0 radical (unpaired) electrons. The lowest BCUT2D eigenvalue weighted by atomic mass is 10.0. The second-order valence-electron chi connectivity index (χ2n) is 7.05. The maximum absolute atomic E-state index is 12.4. The SMILES string of the molecule is O=C(CCCN1C(=O)c2ccccc2C1=O)NC1(c2ccc(Br)cc2)CC1. The van der Waals surface area contributed by atoms with Gasteiger partial charge in [0.05, 0.1) is 16.7 Å². The number of carbonyl (C=O) groups is 3. The van der Waals surface area contributed by atoms with E-state index in [2.05, 4.69) is 21.2 Å². The average Bonchev–Trinajstić information content (AvgIpc) is 3.40. The molecule has 2 aliphatic rings. The molecule has 1 N–H and O–H groups in total. The van der Waals surface area contributed by atoms with Gasteiger partial charge >= 0.3 is 0 Å². The van der Waals surface area contributed by atoms with Crippen LogP contribution in [0.2, 0.25) is 0 Å². The van der Waals surface area contributed by atoms with Crippen LogP contribution in [0.5, 0.6) is 0 Å². The molecule has 2 aromatic carbocycles. The van der Waals surface area contributed by atoms with E-state index in [0.29, 0.717) is 17.5 Å². The van der Waals surface area contributed by atoms with Crippen LogP contribution < -0.4 is 5.32 Å². The van der Waals surface area contributed by atoms with Crippen LogP contribution in [0.1, 0.15) is 52.0 Å². The Balaban J connectivity index is 1.31. The van der Waals surface area contributed by atoms with E-state index >= 15 is 0 Å². The molecule has 1 aliphatic carbocycles. The molecule has 5 nitrogen and oxygen atoms in total. The predicted molar refractivity (Wildman–Crippen MR) is 104 cm³/mol. The lowest BCUT2D eigenvalue weighted by Crippen LogP contribution is -2.36. The molecule has 0 aromatic heterocycles. The summed E-state index contributed by atoms with van der Waals surface area (Å²) in [5, 5.41) is 3.13. The molecule has 0 unspecified atom stereocenters. The molecule has 0 atom stereocenters. The molecule has 0 bridgehead atoms. The molecular weight excluding hydrogens is 408 g/mol. The van der Waals surface area contributed by atoms with E-state index in [1.807, 2.05) is 24.3 Å². The first-order valence-electron chi connectivity index (χ1n) is 9.02. The third-order valence-electron chi connectivity index (χ3n) is 5.19.